The van der Waals surface area contributed by atoms with E-state index in [4.69, 9.17) is 26.8 Å². The van der Waals surface area contributed by atoms with Gasteiger partial charge in [-0.15, -0.1) is 0 Å². The van der Waals surface area contributed by atoms with Crippen LogP contribution in [-0.4, -0.2) is 26.2 Å². The summed E-state index contributed by atoms with van der Waals surface area (Å²) in [7, 11) is 1.49. The molecule has 3 N–H and O–H groups in total. The van der Waals surface area contributed by atoms with Crippen LogP contribution in [0.5, 0.6) is 11.5 Å². The number of methoxy groups -OCH3 is 1. The van der Waals surface area contributed by atoms with E-state index in [1.54, 1.807) is 18.2 Å². The number of halogens is 3. The van der Waals surface area contributed by atoms with Gasteiger partial charge in [0.05, 0.1) is 17.7 Å². The van der Waals surface area contributed by atoms with E-state index in [2.05, 4.69) is 5.32 Å². The van der Waals surface area contributed by atoms with Crippen LogP contribution in [0.25, 0.3) is 0 Å². The molecule has 0 saturated carbocycles. The van der Waals surface area contributed by atoms with Crippen LogP contribution in [0.2, 0.25) is 5.02 Å². The maximum atomic E-state index is 13.8. The molecule has 0 aromatic heterocycles. The van der Waals surface area contributed by atoms with E-state index < -0.39 is 23.3 Å². The molecule has 0 fully saturated rings. The van der Waals surface area contributed by atoms with Crippen LogP contribution in [0.4, 0.5) is 14.5 Å². The zero-order valence-corrected chi connectivity index (χ0v) is 13.5. The molecular formula is C16H15ClF2N2O3. The Morgan fingerprint density at radius 2 is 2.04 bits per heavy atom. The normalized spacial score (nSPS) is 10.3. The first kappa shape index (κ1) is 17.8. The molecule has 24 heavy (non-hydrogen) atoms. The number of nitrogens with two attached hydrogens (primary N) is 1. The number of hydrogen-bond donors (Lipinski definition) is 2. The zero-order valence-electron chi connectivity index (χ0n) is 12.7. The van der Waals surface area contributed by atoms with Crippen molar-refractivity contribution in [2.45, 2.75) is 0 Å². The molecule has 2 aromatic carbocycles. The molecule has 0 heterocycles. The minimum atomic E-state index is -1.25. The molecule has 2 aromatic rings. The summed E-state index contributed by atoms with van der Waals surface area (Å²) in [6, 6.07) is 6.96. The Bertz CT molecular complexity index is 756. The van der Waals surface area contributed by atoms with Crippen molar-refractivity contribution in [3.8, 4) is 11.5 Å². The van der Waals surface area contributed by atoms with E-state index in [0.717, 1.165) is 12.1 Å². The Balaban J connectivity index is 2.00. The lowest BCUT2D eigenvalue weighted by atomic mass is 10.2. The van der Waals surface area contributed by atoms with Crippen molar-refractivity contribution in [3.05, 3.63) is 52.6 Å². The van der Waals surface area contributed by atoms with Gasteiger partial charge in [0.25, 0.3) is 5.91 Å². The molecule has 0 atom stereocenters. The number of rotatable bonds is 7. The van der Waals surface area contributed by atoms with Crippen molar-refractivity contribution in [2.75, 3.05) is 25.6 Å². The largest absolute Gasteiger partial charge is 0.495 e. The van der Waals surface area contributed by atoms with Crippen LogP contribution in [0.3, 0.4) is 0 Å². The SMILES string of the molecule is COc1cc(NCCOc2c(C(N)=O)ccc(F)c2F)ccc1Cl. The summed E-state index contributed by atoms with van der Waals surface area (Å²) in [5.74, 6) is -3.28. The lowest BCUT2D eigenvalue weighted by molar-refractivity contribution is 0.0995. The Hall–Kier alpha value is -2.54. The fourth-order valence-electron chi connectivity index (χ4n) is 1.99. The third kappa shape index (κ3) is 4.05. The highest BCUT2D eigenvalue weighted by molar-refractivity contribution is 6.32. The van der Waals surface area contributed by atoms with Gasteiger partial charge in [-0.3, -0.25) is 4.79 Å². The van der Waals surface area contributed by atoms with Crippen molar-refractivity contribution in [3.63, 3.8) is 0 Å². The van der Waals surface area contributed by atoms with Gasteiger partial charge in [-0.1, -0.05) is 11.6 Å². The summed E-state index contributed by atoms with van der Waals surface area (Å²) in [5.41, 5.74) is 5.61. The molecule has 0 aliphatic carbocycles. The van der Waals surface area contributed by atoms with Gasteiger partial charge in [-0.2, -0.15) is 4.39 Å². The maximum absolute atomic E-state index is 13.8. The topological polar surface area (TPSA) is 73.6 Å². The molecule has 1 amide bonds. The maximum Gasteiger partial charge on any atom is 0.252 e. The number of ether oxygens (including phenoxy) is 2. The minimum absolute atomic E-state index is 0.0222. The second-order valence-corrected chi connectivity index (χ2v) is 5.13. The van der Waals surface area contributed by atoms with Crippen LogP contribution in [0, 0.1) is 11.6 Å². The summed E-state index contributed by atoms with van der Waals surface area (Å²) < 4.78 is 37.3. The first-order valence-electron chi connectivity index (χ1n) is 6.92. The van der Waals surface area contributed by atoms with Crippen LogP contribution in [0.1, 0.15) is 10.4 Å². The van der Waals surface area contributed by atoms with Gasteiger partial charge in [-0.05, 0) is 24.3 Å². The standard InChI is InChI=1S/C16H15ClF2N2O3/c1-23-13-8-9(2-4-11(13)17)21-6-7-24-15-10(16(20)22)3-5-12(18)14(15)19/h2-5,8,21H,6-7H2,1H3,(H2,20,22). The van der Waals surface area contributed by atoms with Crippen molar-refractivity contribution in [1.29, 1.82) is 0 Å². The number of carbonyl (C=O) groups excluding carboxylic acids is 1. The molecule has 0 aliphatic heterocycles. The van der Waals surface area contributed by atoms with E-state index in [9.17, 15) is 13.6 Å². The third-order valence-corrected chi connectivity index (χ3v) is 3.46. The molecule has 0 unspecified atom stereocenters. The minimum Gasteiger partial charge on any atom is -0.495 e. The summed E-state index contributed by atoms with van der Waals surface area (Å²) in [6.45, 7) is 0.241. The first-order valence-corrected chi connectivity index (χ1v) is 7.30. The Morgan fingerprint density at radius 3 is 2.71 bits per heavy atom. The van der Waals surface area contributed by atoms with Gasteiger partial charge in [0.2, 0.25) is 5.82 Å². The molecule has 128 valence electrons. The Kier molecular flexibility index (Phi) is 5.81. The van der Waals surface area contributed by atoms with Gasteiger partial charge >= 0.3 is 0 Å². The summed E-state index contributed by atoms with van der Waals surface area (Å²) >= 11 is 5.92. The van der Waals surface area contributed by atoms with Gasteiger partial charge in [0, 0.05) is 18.3 Å². The first-order chi connectivity index (χ1) is 11.4. The molecule has 2 rings (SSSR count). The lowest BCUT2D eigenvalue weighted by Gasteiger charge is -2.13. The number of carbonyl (C=O) groups is 1. The molecule has 0 bridgehead atoms. The Morgan fingerprint density at radius 1 is 1.29 bits per heavy atom. The average Bonchev–Trinajstić information content (AvgIpc) is 2.56. The molecule has 0 saturated heterocycles. The van der Waals surface area contributed by atoms with Crippen molar-refractivity contribution < 1.29 is 23.0 Å². The van der Waals surface area contributed by atoms with Crippen LogP contribution < -0.4 is 20.5 Å². The van der Waals surface area contributed by atoms with Gasteiger partial charge < -0.3 is 20.5 Å². The number of benzene rings is 2. The Labute approximate surface area is 142 Å². The van der Waals surface area contributed by atoms with Crippen LogP contribution in [-0.2, 0) is 0 Å². The van der Waals surface area contributed by atoms with Crippen LogP contribution >= 0.6 is 11.6 Å². The summed E-state index contributed by atoms with van der Waals surface area (Å²) in [6.07, 6.45) is 0. The van der Waals surface area contributed by atoms with Crippen molar-refractivity contribution >= 4 is 23.2 Å². The third-order valence-electron chi connectivity index (χ3n) is 3.14. The predicted octanol–water partition coefficient (Wildman–Crippen LogP) is 3.22. The molecule has 8 heteroatoms. The lowest BCUT2D eigenvalue weighted by Crippen LogP contribution is -2.17. The smallest absolute Gasteiger partial charge is 0.252 e. The van der Waals surface area contributed by atoms with Gasteiger partial charge in [-0.25, -0.2) is 4.39 Å². The summed E-state index contributed by atoms with van der Waals surface area (Å²) in [4.78, 5) is 11.3. The van der Waals surface area contributed by atoms with E-state index in [-0.39, 0.29) is 18.7 Å². The number of amides is 1. The van der Waals surface area contributed by atoms with Crippen molar-refractivity contribution in [1.82, 2.24) is 0 Å². The number of anilines is 1. The molecule has 0 radical (unpaired) electrons. The molecule has 5 nitrogen and oxygen atoms in total. The number of nitrogens with one attached hydrogen (secondary N) is 1. The van der Waals surface area contributed by atoms with E-state index in [0.29, 0.717) is 16.5 Å². The highest BCUT2D eigenvalue weighted by Crippen LogP contribution is 2.27. The van der Waals surface area contributed by atoms with E-state index in [1.165, 1.54) is 7.11 Å². The number of primary amides is 1. The highest BCUT2D eigenvalue weighted by atomic mass is 35.5. The van der Waals surface area contributed by atoms with Crippen LogP contribution in [0.15, 0.2) is 30.3 Å². The average molecular weight is 357 g/mol. The fourth-order valence-corrected chi connectivity index (χ4v) is 2.18. The van der Waals surface area contributed by atoms with Gasteiger partial charge in [0.15, 0.2) is 11.6 Å². The van der Waals surface area contributed by atoms with Gasteiger partial charge in [0.1, 0.15) is 12.4 Å². The van der Waals surface area contributed by atoms with E-state index >= 15 is 0 Å². The zero-order chi connectivity index (χ0) is 17.7. The molecular weight excluding hydrogens is 342 g/mol. The highest BCUT2D eigenvalue weighted by Gasteiger charge is 2.18. The second-order valence-electron chi connectivity index (χ2n) is 4.73. The predicted molar refractivity (Wildman–Crippen MR) is 86.9 cm³/mol. The monoisotopic (exact) mass is 356 g/mol. The second kappa shape index (κ2) is 7.83. The quantitative estimate of drug-likeness (QED) is 0.747. The molecule has 0 aliphatic rings. The van der Waals surface area contributed by atoms with Crippen molar-refractivity contribution in [2.24, 2.45) is 5.73 Å². The number of hydrogen-bond acceptors (Lipinski definition) is 4. The van der Waals surface area contributed by atoms with E-state index in [1.807, 2.05) is 0 Å². The fraction of sp³-hybridized carbons (Fsp3) is 0.188. The summed E-state index contributed by atoms with van der Waals surface area (Å²) in [5, 5.41) is 3.47. The molecule has 0 spiro atoms.